The summed E-state index contributed by atoms with van der Waals surface area (Å²) in [5.74, 6) is 2.30. The van der Waals surface area contributed by atoms with Crippen LogP contribution in [0.25, 0.3) is 122 Å². The molecule has 0 bridgehead atoms. The van der Waals surface area contributed by atoms with Crippen LogP contribution in [0.15, 0.2) is 199 Å². The molecular formula is C54H32N6O. The van der Waals surface area contributed by atoms with Crippen molar-refractivity contribution in [2.24, 2.45) is 0 Å². The molecule has 4 heterocycles. The van der Waals surface area contributed by atoms with E-state index in [1.807, 2.05) is 54.6 Å². The van der Waals surface area contributed by atoms with Crippen molar-refractivity contribution in [2.45, 2.75) is 0 Å². The van der Waals surface area contributed by atoms with Crippen LogP contribution in [0.2, 0.25) is 0 Å². The molecule has 0 amide bonds. The minimum atomic E-state index is 0.529. The van der Waals surface area contributed by atoms with Crippen molar-refractivity contribution in [2.75, 3.05) is 0 Å². The van der Waals surface area contributed by atoms with Gasteiger partial charge in [0.25, 0.3) is 0 Å². The molecule has 0 fully saturated rings. The highest BCUT2D eigenvalue weighted by atomic mass is 16.3. The maximum absolute atomic E-state index is 6.72. The lowest BCUT2D eigenvalue weighted by molar-refractivity contribution is 0.618. The fraction of sp³-hybridized carbons (Fsp3) is 0. The van der Waals surface area contributed by atoms with Gasteiger partial charge in [0.2, 0.25) is 11.8 Å². The van der Waals surface area contributed by atoms with Crippen molar-refractivity contribution in [3.8, 4) is 45.9 Å². The summed E-state index contributed by atoms with van der Waals surface area (Å²) < 4.78 is 11.3. The second kappa shape index (κ2) is 13.0. The van der Waals surface area contributed by atoms with Crippen LogP contribution >= 0.6 is 0 Å². The summed E-state index contributed by atoms with van der Waals surface area (Å²) in [6.45, 7) is 0. The summed E-state index contributed by atoms with van der Waals surface area (Å²) in [6, 6.07) is 67.3. The first-order valence-corrected chi connectivity index (χ1v) is 20.4. The number of para-hydroxylation sites is 3. The molecule has 0 radical (unpaired) electrons. The Kier molecular flexibility index (Phi) is 7.17. The first-order valence-electron chi connectivity index (χ1n) is 20.4. The molecule has 0 aliphatic rings. The predicted molar refractivity (Wildman–Crippen MR) is 247 cm³/mol. The molecular weight excluding hydrogens is 749 g/mol. The van der Waals surface area contributed by atoms with Gasteiger partial charge in [0, 0.05) is 38.2 Å². The van der Waals surface area contributed by atoms with Gasteiger partial charge in [-0.2, -0.15) is 9.97 Å². The largest absolute Gasteiger partial charge is 0.434 e. The number of hydrogen-bond donors (Lipinski definition) is 0. The molecule has 7 heteroatoms. The van der Waals surface area contributed by atoms with Crippen molar-refractivity contribution in [1.29, 1.82) is 0 Å². The number of fused-ring (bicyclic) bond motifs is 11. The average molecular weight is 781 g/mol. The zero-order valence-electron chi connectivity index (χ0n) is 32.6. The van der Waals surface area contributed by atoms with Crippen LogP contribution < -0.4 is 0 Å². The summed E-state index contributed by atoms with van der Waals surface area (Å²) in [4.78, 5) is 21.1. The van der Waals surface area contributed by atoms with Crippen molar-refractivity contribution in [3.63, 3.8) is 0 Å². The van der Waals surface area contributed by atoms with Gasteiger partial charge < -0.3 is 8.98 Å². The van der Waals surface area contributed by atoms with E-state index in [4.69, 9.17) is 24.4 Å². The van der Waals surface area contributed by atoms with Crippen molar-refractivity contribution in [3.05, 3.63) is 194 Å². The summed E-state index contributed by atoms with van der Waals surface area (Å²) >= 11 is 0. The second-order valence-electron chi connectivity index (χ2n) is 15.4. The van der Waals surface area contributed by atoms with Gasteiger partial charge in [-0.3, -0.25) is 4.57 Å². The van der Waals surface area contributed by atoms with E-state index in [2.05, 4.69) is 149 Å². The normalized spacial score (nSPS) is 11.9. The molecule has 0 saturated carbocycles. The minimum Gasteiger partial charge on any atom is -0.434 e. The van der Waals surface area contributed by atoms with Gasteiger partial charge in [-0.15, -0.1) is 0 Å². The van der Waals surface area contributed by atoms with Gasteiger partial charge >= 0.3 is 0 Å². The molecule has 7 nitrogen and oxygen atoms in total. The molecule has 284 valence electrons. The quantitative estimate of drug-likeness (QED) is 0.163. The molecule has 13 aromatic rings. The highest BCUT2D eigenvalue weighted by Crippen LogP contribution is 2.43. The van der Waals surface area contributed by atoms with Crippen LogP contribution in [0.3, 0.4) is 0 Å². The van der Waals surface area contributed by atoms with E-state index in [0.717, 1.165) is 87.7 Å². The third-order valence-electron chi connectivity index (χ3n) is 12.0. The summed E-state index contributed by atoms with van der Waals surface area (Å²) in [6.07, 6.45) is 0. The molecule has 0 aliphatic carbocycles. The Labute approximate surface area is 348 Å². The topological polar surface area (TPSA) is 74.6 Å². The third kappa shape index (κ3) is 5.04. The Morgan fingerprint density at radius 3 is 1.69 bits per heavy atom. The van der Waals surface area contributed by atoms with Gasteiger partial charge in [0.05, 0.1) is 27.8 Å². The Morgan fingerprint density at radius 2 is 0.951 bits per heavy atom. The lowest BCUT2D eigenvalue weighted by atomic mass is 9.97. The summed E-state index contributed by atoms with van der Waals surface area (Å²) in [7, 11) is 0. The zero-order chi connectivity index (χ0) is 40.0. The molecule has 0 saturated heterocycles. The van der Waals surface area contributed by atoms with Crippen LogP contribution in [0.5, 0.6) is 0 Å². The fourth-order valence-corrected chi connectivity index (χ4v) is 9.31. The van der Waals surface area contributed by atoms with Crippen LogP contribution in [-0.2, 0) is 0 Å². The maximum atomic E-state index is 6.72. The second-order valence-corrected chi connectivity index (χ2v) is 15.4. The Morgan fingerprint density at radius 1 is 0.377 bits per heavy atom. The standard InChI is InChI=1S/C54H32N6O/c1-3-16-33(17-4-1)51-56-52(43-32-35-20-7-8-21-36(35)37-22-9-10-23-38(37)43)58-54(57-51)60-46-28-14-12-25-40(46)42-31-30-41-39-24-11-13-27-45(39)59(48(41)49(42)60)47-29-15-26-44-50(47)61-53(55-44)34-18-5-2-6-19-34/h1-32H. The van der Waals surface area contributed by atoms with E-state index in [0.29, 0.717) is 29.1 Å². The van der Waals surface area contributed by atoms with E-state index in [1.54, 1.807) is 0 Å². The molecule has 4 aromatic heterocycles. The van der Waals surface area contributed by atoms with Gasteiger partial charge in [0.1, 0.15) is 5.52 Å². The minimum absolute atomic E-state index is 0.529. The molecule has 0 spiro atoms. The Hall–Kier alpha value is -8.42. The first-order chi connectivity index (χ1) is 30.3. The van der Waals surface area contributed by atoms with E-state index >= 15 is 0 Å². The van der Waals surface area contributed by atoms with Gasteiger partial charge in [-0.1, -0.05) is 152 Å². The van der Waals surface area contributed by atoms with Gasteiger partial charge in [-0.05, 0) is 64.0 Å². The number of hydrogen-bond acceptors (Lipinski definition) is 5. The van der Waals surface area contributed by atoms with E-state index in [1.165, 1.54) is 5.39 Å². The van der Waals surface area contributed by atoms with Crippen molar-refractivity contribution in [1.82, 2.24) is 29.1 Å². The first kappa shape index (κ1) is 33.5. The number of aromatic nitrogens is 6. The third-order valence-corrected chi connectivity index (χ3v) is 12.0. The van der Waals surface area contributed by atoms with Gasteiger partial charge in [-0.25, -0.2) is 9.97 Å². The van der Waals surface area contributed by atoms with Gasteiger partial charge in [0.15, 0.2) is 17.2 Å². The number of oxazole rings is 1. The Bertz CT molecular complexity index is 3880. The van der Waals surface area contributed by atoms with Crippen LogP contribution in [0, 0.1) is 0 Å². The van der Waals surface area contributed by atoms with Crippen LogP contribution in [0.1, 0.15) is 0 Å². The zero-order valence-corrected chi connectivity index (χ0v) is 32.6. The van der Waals surface area contributed by atoms with Crippen LogP contribution in [0.4, 0.5) is 0 Å². The summed E-state index contributed by atoms with van der Waals surface area (Å²) in [5.41, 5.74) is 9.20. The molecule has 0 N–H and O–H groups in total. The van der Waals surface area contributed by atoms with Crippen LogP contribution in [-0.4, -0.2) is 29.1 Å². The predicted octanol–water partition coefficient (Wildman–Crippen LogP) is 13.5. The average Bonchev–Trinajstić information content (AvgIpc) is 4.02. The molecule has 0 atom stereocenters. The van der Waals surface area contributed by atoms with E-state index in [-0.39, 0.29) is 0 Å². The molecule has 13 rings (SSSR count). The lowest BCUT2D eigenvalue weighted by Gasteiger charge is -2.14. The summed E-state index contributed by atoms with van der Waals surface area (Å²) in [5, 5.41) is 8.95. The van der Waals surface area contributed by atoms with E-state index < -0.39 is 0 Å². The molecule has 61 heavy (non-hydrogen) atoms. The van der Waals surface area contributed by atoms with Crippen molar-refractivity contribution >= 4 is 76.3 Å². The lowest BCUT2D eigenvalue weighted by Crippen LogP contribution is -2.07. The SMILES string of the molecule is c1ccc(-c2nc(-c3cc4ccccc4c4ccccc34)nc(-n3c4ccccc4c4ccc5c6ccccc6n(-c6cccc7nc(-c8ccccc8)oc67)c5c43)n2)cc1. The molecule has 0 aliphatic heterocycles. The smallest absolute Gasteiger partial charge is 0.238 e. The number of benzene rings is 9. The molecule has 9 aromatic carbocycles. The number of nitrogens with zero attached hydrogens (tertiary/aromatic N) is 6. The Balaban J connectivity index is 1.17. The molecule has 0 unspecified atom stereocenters. The van der Waals surface area contributed by atoms with E-state index in [9.17, 15) is 0 Å². The maximum Gasteiger partial charge on any atom is 0.238 e. The fourth-order valence-electron chi connectivity index (χ4n) is 9.31. The van der Waals surface area contributed by atoms with Crippen molar-refractivity contribution < 1.29 is 4.42 Å². The highest BCUT2D eigenvalue weighted by Gasteiger charge is 2.25. The number of rotatable bonds is 5. The monoisotopic (exact) mass is 780 g/mol. The highest BCUT2D eigenvalue weighted by molar-refractivity contribution is 6.24.